The van der Waals surface area contributed by atoms with E-state index in [1.165, 1.54) is 29.7 Å². The number of thiazole rings is 1. The number of hydrogen-bond donors (Lipinski definition) is 2. The third-order valence-corrected chi connectivity index (χ3v) is 5.23. The van der Waals surface area contributed by atoms with Crippen LogP contribution in [0.2, 0.25) is 0 Å². The van der Waals surface area contributed by atoms with Gasteiger partial charge in [0.1, 0.15) is 0 Å². The summed E-state index contributed by atoms with van der Waals surface area (Å²) in [5.41, 5.74) is 1.57. The van der Waals surface area contributed by atoms with Crippen molar-refractivity contribution in [1.29, 1.82) is 0 Å². The molecule has 2 aromatic rings. The molecule has 0 aliphatic carbocycles. The molecule has 2 heterocycles. The molecule has 10 heteroatoms. The molecule has 2 N–H and O–H groups in total. The van der Waals surface area contributed by atoms with Crippen molar-refractivity contribution in [2.75, 3.05) is 26.1 Å². The van der Waals surface area contributed by atoms with Gasteiger partial charge >= 0.3 is 0 Å². The number of ether oxygens (including phenoxy) is 2. The number of dihydropyridines is 1. The van der Waals surface area contributed by atoms with Crippen molar-refractivity contribution in [3.63, 3.8) is 0 Å². The molecule has 1 aromatic carbocycles. The number of aliphatic imine (C=N–C) groups is 1. The lowest BCUT2D eigenvalue weighted by molar-refractivity contribution is -0.120. The normalized spacial score (nSPS) is 14.9. The Kier molecular flexibility index (Phi) is 7.50. The quantitative estimate of drug-likeness (QED) is 0.611. The topological polar surface area (TPSA) is 119 Å². The van der Waals surface area contributed by atoms with Crippen molar-refractivity contribution in [1.82, 2.24) is 10.3 Å². The maximum atomic E-state index is 12.2. The number of nitrogens with one attached hydrogen (secondary N) is 2. The largest absolute Gasteiger partial charge is 0.493 e. The third-order valence-electron chi connectivity index (χ3n) is 4.42. The van der Waals surface area contributed by atoms with Crippen molar-refractivity contribution in [3.05, 3.63) is 47.0 Å². The number of anilines is 1. The van der Waals surface area contributed by atoms with Crippen LogP contribution in [0.3, 0.4) is 0 Å². The van der Waals surface area contributed by atoms with Crippen molar-refractivity contribution in [2.24, 2.45) is 10.9 Å². The van der Waals surface area contributed by atoms with Crippen LogP contribution in [0.5, 0.6) is 11.5 Å². The number of hydrogen-bond acceptors (Lipinski definition) is 7. The standard InChI is InChI=1S/C21H22N4O5S/c1-29-16-5-3-13(9-17(16)30-2)7-8-22-19(27)10-15-12-31-21(24-15)25-20(28)14-4-6-18(26)23-11-14/h3-6,9,11-12,14H,7-8,10H2,1-2H3,(H,22,27)(H,24,25,28). The number of carbonyl (C=O) groups is 3. The van der Waals surface area contributed by atoms with Gasteiger partial charge in [-0.3, -0.25) is 14.4 Å². The maximum absolute atomic E-state index is 12.2. The smallest absolute Gasteiger partial charge is 0.269 e. The molecular weight excluding hydrogens is 420 g/mol. The summed E-state index contributed by atoms with van der Waals surface area (Å²) in [5, 5.41) is 7.63. The minimum absolute atomic E-state index is 0.109. The van der Waals surface area contributed by atoms with Crippen LogP contribution in [-0.4, -0.2) is 49.7 Å². The molecule has 0 bridgehead atoms. The highest BCUT2D eigenvalue weighted by Gasteiger charge is 2.18. The fourth-order valence-corrected chi connectivity index (χ4v) is 3.54. The van der Waals surface area contributed by atoms with Gasteiger partial charge in [0.05, 0.1) is 32.3 Å². The van der Waals surface area contributed by atoms with Crippen LogP contribution in [0.15, 0.2) is 40.7 Å². The monoisotopic (exact) mass is 442 g/mol. The van der Waals surface area contributed by atoms with Crippen molar-refractivity contribution in [3.8, 4) is 11.5 Å². The zero-order valence-electron chi connectivity index (χ0n) is 17.1. The average molecular weight is 442 g/mol. The molecule has 0 saturated carbocycles. The van der Waals surface area contributed by atoms with Crippen LogP contribution < -0.4 is 20.1 Å². The summed E-state index contributed by atoms with van der Waals surface area (Å²) in [7, 11) is 3.16. The summed E-state index contributed by atoms with van der Waals surface area (Å²) in [5.74, 6) is -0.216. The molecule has 31 heavy (non-hydrogen) atoms. The molecule has 0 spiro atoms. The maximum Gasteiger partial charge on any atom is 0.269 e. The molecule has 1 unspecified atom stereocenters. The van der Waals surface area contributed by atoms with E-state index >= 15 is 0 Å². The third kappa shape index (κ3) is 6.22. The number of nitrogens with zero attached hydrogens (tertiary/aromatic N) is 2. The Morgan fingerprint density at radius 1 is 1.19 bits per heavy atom. The average Bonchev–Trinajstić information content (AvgIpc) is 3.20. The van der Waals surface area contributed by atoms with Crippen LogP contribution in [0.25, 0.3) is 0 Å². The second kappa shape index (κ2) is 10.5. The summed E-state index contributed by atoms with van der Waals surface area (Å²) in [6.07, 6.45) is 4.77. The number of amides is 3. The van der Waals surface area contributed by atoms with Crippen LogP contribution in [0.1, 0.15) is 11.3 Å². The molecule has 1 aromatic heterocycles. The lowest BCUT2D eigenvalue weighted by Crippen LogP contribution is -2.27. The van der Waals surface area contributed by atoms with Crippen LogP contribution in [0, 0.1) is 5.92 Å². The summed E-state index contributed by atoms with van der Waals surface area (Å²) in [6, 6.07) is 5.63. The van der Waals surface area contributed by atoms with E-state index in [9.17, 15) is 14.4 Å². The minimum Gasteiger partial charge on any atom is -0.493 e. The fraction of sp³-hybridized carbons (Fsp3) is 0.286. The Hall–Kier alpha value is -3.53. The minimum atomic E-state index is -0.620. The number of aromatic nitrogens is 1. The molecule has 162 valence electrons. The molecule has 0 saturated heterocycles. The van der Waals surface area contributed by atoms with E-state index in [1.54, 1.807) is 19.6 Å². The van der Waals surface area contributed by atoms with Gasteiger partial charge < -0.3 is 20.1 Å². The highest BCUT2D eigenvalue weighted by Crippen LogP contribution is 2.27. The Morgan fingerprint density at radius 3 is 2.71 bits per heavy atom. The van der Waals surface area contributed by atoms with Gasteiger partial charge in [0.25, 0.3) is 5.91 Å². The second-order valence-corrected chi connectivity index (χ2v) is 7.46. The summed E-state index contributed by atoms with van der Waals surface area (Å²) < 4.78 is 10.5. The van der Waals surface area contributed by atoms with E-state index in [0.29, 0.717) is 35.3 Å². The Morgan fingerprint density at radius 2 is 2.00 bits per heavy atom. The van der Waals surface area contributed by atoms with E-state index in [4.69, 9.17) is 9.47 Å². The van der Waals surface area contributed by atoms with E-state index in [-0.39, 0.29) is 18.2 Å². The van der Waals surface area contributed by atoms with Gasteiger partial charge in [-0.25, -0.2) is 9.98 Å². The first kappa shape index (κ1) is 22.2. The predicted molar refractivity (Wildman–Crippen MR) is 117 cm³/mol. The highest BCUT2D eigenvalue weighted by molar-refractivity contribution is 7.13. The lowest BCUT2D eigenvalue weighted by Gasteiger charge is -2.10. The van der Waals surface area contributed by atoms with Gasteiger partial charge in [-0.15, -0.1) is 11.3 Å². The summed E-state index contributed by atoms with van der Waals surface area (Å²) in [4.78, 5) is 43.3. The lowest BCUT2D eigenvalue weighted by atomic mass is 10.1. The zero-order chi connectivity index (χ0) is 22.2. The first-order valence-corrected chi connectivity index (χ1v) is 10.4. The number of carbonyl (C=O) groups excluding carboxylic acids is 3. The predicted octanol–water partition coefficient (Wildman–Crippen LogP) is 1.78. The molecule has 0 radical (unpaired) electrons. The second-order valence-electron chi connectivity index (χ2n) is 6.60. The molecule has 9 nitrogen and oxygen atoms in total. The molecule has 0 fully saturated rings. The fourth-order valence-electron chi connectivity index (χ4n) is 2.83. The van der Waals surface area contributed by atoms with E-state index < -0.39 is 11.8 Å². The number of methoxy groups -OCH3 is 2. The van der Waals surface area contributed by atoms with Gasteiger partial charge in [0, 0.05) is 24.2 Å². The zero-order valence-corrected chi connectivity index (χ0v) is 17.9. The Labute approximate surface area is 183 Å². The summed E-state index contributed by atoms with van der Waals surface area (Å²) >= 11 is 1.23. The van der Waals surface area contributed by atoms with Gasteiger partial charge in [-0.2, -0.15) is 0 Å². The van der Waals surface area contributed by atoms with Gasteiger partial charge in [-0.05, 0) is 24.1 Å². The van der Waals surface area contributed by atoms with Crippen molar-refractivity contribution < 1.29 is 23.9 Å². The highest BCUT2D eigenvalue weighted by atomic mass is 32.1. The van der Waals surface area contributed by atoms with Gasteiger partial charge in [0.15, 0.2) is 16.6 Å². The Bertz CT molecular complexity index is 1010. The SMILES string of the molecule is COc1ccc(CCNC(=O)Cc2csc(NC(=O)C3C=CC(=O)N=C3)n2)cc1OC. The van der Waals surface area contributed by atoms with Crippen molar-refractivity contribution >= 4 is 40.4 Å². The first-order valence-electron chi connectivity index (χ1n) is 9.47. The van der Waals surface area contributed by atoms with Crippen molar-refractivity contribution in [2.45, 2.75) is 12.8 Å². The van der Waals surface area contributed by atoms with E-state index in [1.807, 2.05) is 18.2 Å². The van der Waals surface area contributed by atoms with Crippen LogP contribution in [0.4, 0.5) is 5.13 Å². The number of rotatable bonds is 9. The van der Waals surface area contributed by atoms with Crippen LogP contribution >= 0.6 is 11.3 Å². The van der Waals surface area contributed by atoms with Gasteiger partial charge in [0.2, 0.25) is 11.8 Å². The van der Waals surface area contributed by atoms with E-state index in [2.05, 4.69) is 20.6 Å². The molecule has 1 aliphatic heterocycles. The molecule has 1 aliphatic rings. The van der Waals surface area contributed by atoms with Crippen LogP contribution in [-0.2, 0) is 27.2 Å². The van der Waals surface area contributed by atoms with Gasteiger partial charge in [-0.1, -0.05) is 12.1 Å². The first-order chi connectivity index (χ1) is 15.0. The molecular formula is C21H22N4O5S. The Balaban J connectivity index is 1.44. The number of benzene rings is 1. The van der Waals surface area contributed by atoms with E-state index in [0.717, 1.165) is 5.56 Å². The molecule has 3 rings (SSSR count). The molecule has 1 atom stereocenters. The summed E-state index contributed by atoms with van der Waals surface area (Å²) in [6.45, 7) is 0.466. The molecule has 3 amide bonds.